The number of alkyl halides is 2. The monoisotopic (exact) mass is 474 g/mol. The van der Waals surface area contributed by atoms with E-state index in [2.05, 4.69) is 15.1 Å². The van der Waals surface area contributed by atoms with Crippen molar-refractivity contribution >= 4 is 11.2 Å². The lowest BCUT2D eigenvalue weighted by molar-refractivity contribution is -0.0440. The van der Waals surface area contributed by atoms with Crippen molar-refractivity contribution in [1.82, 2.24) is 28.9 Å². The van der Waals surface area contributed by atoms with E-state index in [4.69, 9.17) is 4.74 Å². The van der Waals surface area contributed by atoms with Crippen LogP contribution in [0.5, 0.6) is 0 Å². The first-order chi connectivity index (χ1) is 16.1. The van der Waals surface area contributed by atoms with E-state index < -0.39 is 12.0 Å². The molecule has 2 atom stereocenters. The van der Waals surface area contributed by atoms with Gasteiger partial charge in [0, 0.05) is 57.3 Å². The number of hydrogen-bond donors (Lipinski definition) is 0. The maximum absolute atomic E-state index is 13.9. The molecule has 0 radical (unpaired) electrons. The Hall–Kier alpha value is -2.95. The maximum Gasteiger partial charge on any atom is 0.281 e. The Labute approximate surface area is 194 Å². The molecule has 2 fully saturated rings. The van der Waals surface area contributed by atoms with Gasteiger partial charge in [0.05, 0.1) is 12.3 Å². The molecule has 4 heterocycles. The molecule has 34 heavy (non-hydrogen) atoms. The molecular weight excluding hydrogens is 446 g/mol. The van der Waals surface area contributed by atoms with E-state index in [1.807, 2.05) is 13.2 Å². The summed E-state index contributed by atoms with van der Waals surface area (Å²) in [5.74, 6) is -2.54. The lowest BCUT2D eigenvalue weighted by Gasteiger charge is -2.32. The SMILES string of the molecule is Cc1nc2c(nc(C3CCOC(c4cnn(C)c4)C3)c(=O)n2C2CCC(F)(F)CC2)c(=O)n1C. The molecule has 2 unspecified atom stereocenters. The third kappa shape index (κ3) is 3.95. The Morgan fingerprint density at radius 1 is 1.09 bits per heavy atom. The van der Waals surface area contributed by atoms with Crippen LogP contribution in [0.4, 0.5) is 8.78 Å². The molecule has 1 saturated heterocycles. The van der Waals surface area contributed by atoms with Crippen LogP contribution < -0.4 is 11.1 Å². The van der Waals surface area contributed by atoms with E-state index in [-0.39, 0.29) is 65.7 Å². The smallest absolute Gasteiger partial charge is 0.281 e. The minimum Gasteiger partial charge on any atom is -0.373 e. The van der Waals surface area contributed by atoms with Crippen LogP contribution in [0, 0.1) is 6.92 Å². The standard InChI is InChI=1S/C23H28F2N6O3/c1-13-27-20-19(21(32)30(13)3)28-18(22(33)31(20)16-4-7-23(24,25)8-5-16)14-6-9-34-17(10-14)15-11-26-29(2)12-15/h11-12,14,16-17H,4-10H2,1-3H3. The summed E-state index contributed by atoms with van der Waals surface area (Å²) in [4.78, 5) is 36.0. The fourth-order valence-electron chi connectivity index (χ4n) is 5.11. The quantitative estimate of drug-likeness (QED) is 0.579. The van der Waals surface area contributed by atoms with Crippen LogP contribution in [0.1, 0.15) is 73.7 Å². The lowest BCUT2D eigenvalue weighted by atomic mass is 9.89. The van der Waals surface area contributed by atoms with Crippen LogP contribution in [0.25, 0.3) is 11.2 Å². The first-order valence-corrected chi connectivity index (χ1v) is 11.6. The molecule has 1 aliphatic heterocycles. The van der Waals surface area contributed by atoms with Crippen molar-refractivity contribution < 1.29 is 13.5 Å². The summed E-state index contributed by atoms with van der Waals surface area (Å²) in [7, 11) is 3.43. The molecule has 3 aromatic rings. The summed E-state index contributed by atoms with van der Waals surface area (Å²) < 4.78 is 38.2. The van der Waals surface area contributed by atoms with Crippen molar-refractivity contribution in [1.29, 1.82) is 0 Å². The Kier molecular flexibility index (Phi) is 5.62. The fourth-order valence-corrected chi connectivity index (χ4v) is 5.11. The number of fused-ring (bicyclic) bond motifs is 1. The Morgan fingerprint density at radius 3 is 2.50 bits per heavy atom. The molecule has 182 valence electrons. The zero-order chi connectivity index (χ0) is 24.2. The largest absolute Gasteiger partial charge is 0.373 e. The molecular formula is C23H28F2N6O3. The van der Waals surface area contributed by atoms with Crippen molar-refractivity contribution in [3.8, 4) is 0 Å². The zero-order valence-corrected chi connectivity index (χ0v) is 19.5. The minimum absolute atomic E-state index is 0.101. The number of ether oxygens (including phenoxy) is 1. The van der Waals surface area contributed by atoms with Gasteiger partial charge in [-0.05, 0) is 32.6 Å². The fraction of sp³-hybridized carbons (Fsp3) is 0.609. The first kappa shape index (κ1) is 22.8. The van der Waals surface area contributed by atoms with Crippen molar-refractivity contribution in [2.24, 2.45) is 14.1 Å². The minimum atomic E-state index is -2.73. The summed E-state index contributed by atoms with van der Waals surface area (Å²) >= 11 is 0. The molecule has 0 aromatic carbocycles. The number of nitrogens with zero attached hydrogens (tertiary/aromatic N) is 6. The highest BCUT2D eigenvalue weighted by atomic mass is 19.3. The van der Waals surface area contributed by atoms with Crippen molar-refractivity contribution in [3.05, 3.63) is 50.2 Å². The van der Waals surface area contributed by atoms with Gasteiger partial charge in [0.1, 0.15) is 11.5 Å². The second-order valence-corrected chi connectivity index (χ2v) is 9.48. The number of aryl methyl sites for hydroxylation is 2. The van der Waals surface area contributed by atoms with Gasteiger partial charge in [-0.15, -0.1) is 0 Å². The molecule has 0 spiro atoms. The van der Waals surface area contributed by atoms with E-state index >= 15 is 0 Å². The van der Waals surface area contributed by atoms with E-state index in [1.54, 1.807) is 24.9 Å². The second-order valence-electron chi connectivity index (χ2n) is 9.48. The van der Waals surface area contributed by atoms with Crippen molar-refractivity contribution in [2.75, 3.05) is 6.61 Å². The molecule has 1 aliphatic carbocycles. The molecule has 5 rings (SSSR count). The van der Waals surface area contributed by atoms with Crippen LogP contribution >= 0.6 is 0 Å². The first-order valence-electron chi connectivity index (χ1n) is 11.6. The summed E-state index contributed by atoms with van der Waals surface area (Å²) in [6.45, 7) is 2.11. The van der Waals surface area contributed by atoms with Gasteiger partial charge in [0.2, 0.25) is 5.92 Å². The average molecular weight is 475 g/mol. The molecule has 0 N–H and O–H groups in total. The number of hydrogen-bond acceptors (Lipinski definition) is 6. The van der Waals surface area contributed by atoms with Crippen LogP contribution in [-0.2, 0) is 18.8 Å². The summed E-state index contributed by atoms with van der Waals surface area (Å²) in [5, 5.41) is 4.21. The Bertz CT molecular complexity index is 1350. The van der Waals surface area contributed by atoms with Gasteiger partial charge >= 0.3 is 0 Å². The van der Waals surface area contributed by atoms with Crippen LogP contribution in [0.15, 0.2) is 22.0 Å². The topological polar surface area (TPSA) is 96.8 Å². The normalized spacial score (nSPS) is 23.4. The molecule has 0 bridgehead atoms. The highest BCUT2D eigenvalue weighted by molar-refractivity contribution is 5.69. The lowest BCUT2D eigenvalue weighted by Crippen LogP contribution is -2.38. The molecule has 2 aliphatic rings. The van der Waals surface area contributed by atoms with Crippen molar-refractivity contribution in [2.45, 2.75) is 69.4 Å². The van der Waals surface area contributed by atoms with E-state index in [0.717, 1.165) is 5.56 Å². The van der Waals surface area contributed by atoms with Gasteiger partial charge in [-0.1, -0.05) is 0 Å². The summed E-state index contributed by atoms with van der Waals surface area (Å²) in [5.41, 5.74) is 0.778. The predicted octanol–water partition coefficient (Wildman–Crippen LogP) is 2.92. The predicted molar refractivity (Wildman–Crippen MR) is 120 cm³/mol. The van der Waals surface area contributed by atoms with Gasteiger partial charge in [-0.3, -0.25) is 23.4 Å². The highest BCUT2D eigenvalue weighted by Crippen LogP contribution is 2.40. The number of aromatic nitrogens is 6. The van der Waals surface area contributed by atoms with Gasteiger partial charge in [0.25, 0.3) is 11.1 Å². The van der Waals surface area contributed by atoms with Crippen LogP contribution in [0.2, 0.25) is 0 Å². The van der Waals surface area contributed by atoms with Crippen LogP contribution in [0.3, 0.4) is 0 Å². The number of rotatable bonds is 3. The van der Waals surface area contributed by atoms with E-state index in [1.165, 1.54) is 9.13 Å². The summed E-state index contributed by atoms with van der Waals surface area (Å²) in [6.07, 6.45) is 4.16. The molecule has 1 saturated carbocycles. The molecule has 9 nitrogen and oxygen atoms in total. The Balaban J connectivity index is 1.63. The molecule has 0 amide bonds. The summed E-state index contributed by atoms with van der Waals surface area (Å²) in [6, 6.07) is -0.454. The van der Waals surface area contributed by atoms with Gasteiger partial charge < -0.3 is 4.74 Å². The third-order valence-corrected chi connectivity index (χ3v) is 7.19. The average Bonchev–Trinajstić information content (AvgIpc) is 3.24. The van der Waals surface area contributed by atoms with Gasteiger partial charge in [-0.25, -0.2) is 18.7 Å². The maximum atomic E-state index is 13.9. The molecule has 11 heteroatoms. The highest BCUT2D eigenvalue weighted by Gasteiger charge is 2.38. The zero-order valence-electron chi connectivity index (χ0n) is 19.5. The third-order valence-electron chi connectivity index (χ3n) is 7.19. The van der Waals surface area contributed by atoms with E-state index in [9.17, 15) is 18.4 Å². The van der Waals surface area contributed by atoms with Crippen LogP contribution in [-0.4, -0.2) is 41.4 Å². The number of halogens is 2. The second kappa shape index (κ2) is 8.37. The Morgan fingerprint density at radius 2 is 1.82 bits per heavy atom. The molecule has 3 aromatic heterocycles. The van der Waals surface area contributed by atoms with Crippen molar-refractivity contribution in [3.63, 3.8) is 0 Å². The van der Waals surface area contributed by atoms with E-state index in [0.29, 0.717) is 25.3 Å². The van der Waals surface area contributed by atoms with Gasteiger partial charge in [-0.2, -0.15) is 5.10 Å². The van der Waals surface area contributed by atoms with Gasteiger partial charge in [0.15, 0.2) is 11.2 Å².